The van der Waals surface area contributed by atoms with E-state index in [0.717, 1.165) is 37.5 Å². The fourth-order valence-electron chi connectivity index (χ4n) is 2.25. The second-order valence-electron chi connectivity index (χ2n) is 5.45. The van der Waals surface area contributed by atoms with E-state index in [4.69, 9.17) is 4.74 Å². The maximum absolute atomic E-state index is 5.38. The van der Waals surface area contributed by atoms with Crippen LogP contribution in [0.25, 0.3) is 0 Å². The van der Waals surface area contributed by atoms with Crippen LogP contribution >= 0.6 is 0 Å². The molecule has 1 aliphatic rings. The second kappa shape index (κ2) is 7.24. The average molecular weight is 213 g/mol. The standard InChI is InChI=1S/C13H27NO/c1-11(2)9-14-10-12(3)8-13-4-6-15-7-5-13/h11-14H,4-10H2,1-3H3. The van der Waals surface area contributed by atoms with E-state index < -0.39 is 0 Å². The molecule has 1 atom stereocenters. The monoisotopic (exact) mass is 213 g/mol. The Morgan fingerprint density at radius 3 is 2.40 bits per heavy atom. The van der Waals surface area contributed by atoms with E-state index in [0.29, 0.717) is 0 Å². The largest absolute Gasteiger partial charge is 0.381 e. The first kappa shape index (κ1) is 13.0. The van der Waals surface area contributed by atoms with Gasteiger partial charge >= 0.3 is 0 Å². The van der Waals surface area contributed by atoms with Gasteiger partial charge in [-0.05, 0) is 50.1 Å². The van der Waals surface area contributed by atoms with E-state index in [1.54, 1.807) is 0 Å². The molecule has 0 amide bonds. The summed E-state index contributed by atoms with van der Waals surface area (Å²) in [6, 6.07) is 0. The van der Waals surface area contributed by atoms with E-state index >= 15 is 0 Å². The molecule has 1 aliphatic heterocycles. The van der Waals surface area contributed by atoms with Gasteiger partial charge in [0.15, 0.2) is 0 Å². The lowest BCUT2D eigenvalue weighted by molar-refractivity contribution is 0.0593. The maximum atomic E-state index is 5.38. The van der Waals surface area contributed by atoms with Gasteiger partial charge in [-0.1, -0.05) is 20.8 Å². The van der Waals surface area contributed by atoms with Crippen molar-refractivity contribution < 1.29 is 4.74 Å². The Labute approximate surface area is 94.8 Å². The number of nitrogens with one attached hydrogen (secondary N) is 1. The van der Waals surface area contributed by atoms with Crippen LogP contribution in [0, 0.1) is 17.8 Å². The van der Waals surface area contributed by atoms with Crippen LogP contribution in [0.15, 0.2) is 0 Å². The SMILES string of the molecule is CC(C)CNCC(C)CC1CCOCC1. The van der Waals surface area contributed by atoms with Gasteiger partial charge in [0.25, 0.3) is 0 Å². The molecule has 0 saturated carbocycles. The smallest absolute Gasteiger partial charge is 0.0468 e. The lowest BCUT2D eigenvalue weighted by Crippen LogP contribution is -2.27. The van der Waals surface area contributed by atoms with Crippen molar-refractivity contribution in [3.63, 3.8) is 0 Å². The number of rotatable bonds is 6. The van der Waals surface area contributed by atoms with Crippen LogP contribution in [0.3, 0.4) is 0 Å². The lowest BCUT2D eigenvalue weighted by Gasteiger charge is -2.25. The summed E-state index contributed by atoms with van der Waals surface area (Å²) >= 11 is 0. The highest BCUT2D eigenvalue weighted by Gasteiger charge is 2.16. The zero-order chi connectivity index (χ0) is 11.1. The van der Waals surface area contributed by atoms with Crippen molar-refractivity contribution in [2.45, 2.75) is 40.0 Å². The molecule has 90 valence electrons. The predicted octanol–water partition coefficient (Wildman–Crippen LogP) is 2.68. The minimum Gasteiger partial charge on any atom is -0.381 e. The van der Waals surface area contributed by atoms with Crippen molar-refractivity contribution in [3.8, 4) is 0 Å². The molecule has 1 saturated heterocycles. The number of hydrogen-bond donors (Lipinski definition) is 1. The fourth-order valence-corrected chi connectivity index (χ4v) is 2.25. The molecule has 2 heteroatoms. The van der Waals surface area contributed by atoms with Crippen LogP contribution in [-0.2, 0) is 4.74 Å². The third kappa shape index (κ3) is 6.16. The quantitative estimate of drug-likeness (QED) is 0.732. The first-order valence-corrected chi connectivity index (χ1v) is 6.47. The summed E-state index contributed by atoms with van der Waals surface area (Å²) in [5.41, 5.74) is 0. The van der Waals surface area contributed by atoms with Crippen molar-refractivity contribution >= 4 is 0 Å². The fraction of sp³-hybridized carbons (Fsp3) is 1.00. The average Bonchev–Trinajstić information content (AvgIpc) is 2.18. The third-order valence-corrected chi connectivity index (χ3v) is 3.12. The van der Waals surface area contributed by atoms with Crippen molar-refractivity contribution in [2.24, 2.45) is 17.8 Å². The Morgan fingerprint density at radius 2 is 1.80 bits per heavy atom. The molecule has 0 aromatic heterocycles. The van der Waals surface area contributed by atoms with Crippen molar-refractivity contribution in [3.05, 3.63) is 0 Å². The van der Waals surface area contributed by atoms with E-state index in [2.05, 4.69) is 26.1 Å². The van der Waals surface area contributed by atoms with Gasteiger partial charge in [0.1, 0.15) is 0 Å². The molecule has 0 aromatic carbocycles. The Bertz CT molecular complexity index is 153. The van der Waals surface area contributed by atoms with Gasteiger partial charge < -0.3 is 10.1 Å². The van der Waals surface area contributed by atoms with Gasteiger partial charge in [-0.15, -0.1) is 0 Å². The highest BCUT2D eigenvalue weighted by molar-refractivity contribution is 4.68. The Balaban J connectivity index is 2.03. The Hall–Kier alpha value is -0.0800. The Morgan fingerprint density at radius 1 is 1.13 bits per heavy atom. The molecule has 0 spiro atoms. The normalized spacial score (nSPS) is 20.8. The second-order valence-corrected chi connectivity index (χ2v) is 5.45. The molecule has 0 bridgehead atoms. The molecule has 1 heterocycles. The maximum Gasteiger partial charge on any atom is 0.0468 e. The summed E-state index contributed by atoms with van der Waals surface area (Å²) in [7, 11) is 0. The minimum atomic E-state index is 0.764. The van der Waals surface area contributed by atoms with Gasteiger partial charge in [0.05, 0.1) is 0 Å². The van der Waals surface area contributed by atoms with Gasteiger partial charge in [-0.3, -0.25) is 0 Å². The summed E-state index contributed by atoms with van der Waals surface area (Å²) in [6.07, 6.45) is 3.91. The zero-order valence-corrected chi connectivity index (χ0v) is 10.6. The van der Waals surface area contributed by atoms with Gasteiger partial charge in [0, 0.05) is 13.2 Å². The predicted molar refractivity (Wildman–Crippen MR) is 65.0 cm³/mol. The lowest BCUT2D eigenvalue weighted by atomic mass is 9.90. The minimum absolute atomic E-state index is 0.764. The Kier molecular flexibility index (Phi) is 6.26. The van der Waals surface area contributed by atoms with Crippen LogP contribution in [-0.4, -0.2) is 26.3 Å². The van der Waals surface area contributed by atoms with Crippen LogP contribution in [0.5, 0.6) is 0 Å². The molecular weight excluding hydrogens is 186 g/mol. The molecule has 0 radical (unpaired) electrons. The van der Waals surface area contributed by atoms with Gasteiger partial charge in [0.2, 0.25) is 0 Å². The van der Waals surface area contributed by atoms with Crippen molar-refractivity contribution in [1.29, 1.82) is 0 Å². The molecule has 2 nitrogen and oxygen atoms in total. The molecule has 1 rings (SSSR count). The van der Waals surface area contributed by atoms with Crippen molar-refractivity contribution in [1.82, 2.24) is 5.32 Å². The molecule has 15 heavy (non-hydrogen) atoms. The molecule has 1 unspecified atom stereocenters. The summed E-state index contributed by atoms with van der Waals surface area (Å²) in [5, 5.41) is 3.54. The summed E-state index contributed by atoms with van der Waals surface area (Å²) in [4.78, 5) is 0. The zero-order valence-electron chi connectivity index (χ0n) is 10.6. The van der Waals surface area contributed by atoms with Crippen molar-refractivity contribution in [2.75, 3.05) is 26.3 Å². The third-order valence-electron chi connectivity index (χ3n) is 3.12. The molecular formula is C13H27NO. The molecule has 1 fully saturated rings. The highest BCUT2D eigenvalue weighted by Crippen LogP contribution is 2.22. The molecule has 0 aromatic rings. The van der Waals surface area contributed by atoms with Crippen LogP contribution < -0.4 is 5.32 Å². The van der Waals surface area contributed by atoms with Gasteiger partial charge in [-0.2, -0.15) is 0 Å². The summed E-state index contributed by atoms with van der Waals surface area (Å²) in [5.74, 6) is 2.49. The van der Waals surface area contributed by atoms with E-state index in [-0.39, 0.29) is 0 Å². The van der Waals surface area contributed by atoms with Crippen LogP contribution in [0.4, 0.5) is 0 Å². The van der Waals surface area contributed by atoms with Crippen LogP contribution in [0.2, 0.25) is 0 Å². The van der Waals surface area contributed by atoms with Gasteiger partial charge in [-0.25, -0.2) is 0 Å². The van der Waals surface area contributed by atoms with E-state index in [1.807, 2.05) is 0 Å². The first-order chi connectivity index (χ1) is 7.18. The number of hydrogen-bond acceptors (Lipinski definition) is 2. The molecule has 0 aliphatic carbocycles. The first-order valence-electron chi connectivity index (χ1n) is 6.47. The highest BCUT2D eigenvalue weighted by atomic mass is 16.5. The van der Waals surface area contributed by atoms with E-state index in [1.165, 1.54) is 25.8 Å². The van der Waals surface area contributed by atoms with E-state index in [9.17, 15) is 0 Å². The van der Waals surface area contributed by atoms with Crippen LogP contribution in [0.1, 0.15) is 40.0 Å². The summed E-state index contributed by atoms with van der Waals surface area (Å²) < 4.78 is 5.38. The number of ether oxygens (including phenoxy) is 1. The molecule has 1 N–H and O–H groups in total. The summed E-state index contributed by atoms with van der Waals surface area (Å²) in [6.45, 7) is 11.2. The topological polar surface area (TPSA) is 21.3 Å².